The number of rotatable bonds is 4. The summed E-state index contributed by atoms with van der Waals surface area (Å²) in [6.07, 6.45) is 0.654. The maximum Gasteiger partial charge on any atom is 0.136 e. The third-order valence-electron chi connectivity index (χ3n) is 2.52. The van der Waals surface area contributed by atoms with Crippen LogP contribution in [-0.2, 0) is 4.79 Å². The molecule has 0 saturated heterocycles. The van der Waals surface area contributed by atoms with Gasteiger partial charge >= 0.3 is 0 Å². The average Bonchev–Trinajstić information content (AvgIpc) is 2.19. The van der Waals surface area contributed by atoms with Crippen LogP contribution in [0.1, 0.15) is 38.7 Å². The van der Waals surface area contributed by atoms with Crippen LogP contribution in [0, 0.1) is 5.92 Å². The van der Waals surface area contributed by atoms with Crippen LogP contribution in [0.3, 0.4) is 0 Å². The minimum Gasteiger partial charge on any atom is -0.299 e. The van der Waals surface area contributed by atoms with Crippen molar-refractivity contribution >= 4 is 5.78 Å². The predicted octanol–water partition coefficient (Wildman–Crippen LogP) is 3.41. The second-order valence-electron chi connectivity index (χ2n) is 4.14. The highest BCUT2D eigenvalue weighted by Crippen LogP contribution is 2.20. The topological polar surface area (TPSA) is 17.1 Å². The van der Waals surface area contributed by atoms with Crippen LogP contribution >= 0.6 is 0 Å². The first-order chi connectivity index (χ1) is 6.61. The minimum atomic E-state index is 0.154. The van der Waals surface area contributed by atoms with Crippen molar-refractivity contribution in [2.24, 2.45) is 5.92 Å². The van der Waals surface area contributed by atoms with Crippen LogP contribution in [-0.4, -0.2) is 5.78 Å². The summed E-state index contributed by atoms with van der Waals surface area (Å²) in [4.78, 5) is 11.5. The zero-order valence-electron chi connectivity index (χ0n) is 9.16. The molecule has 1 aromatic rings. The maximum atomic E-state index is 11.5. The van der Waals surface area contributed by atoms with Crippen molar-refractivity contribution < 1.29 is 4.79 Å². The van der Waals surface area contributed by atoms with E-state index in [1.807, 2.05) is 32.0 Å². The Bertz CT molecular complexity index is 287. The van der Waals surface area contributed by atoms with E-state index in [4.69, 9.17) is 0 Å². The van der Waals surface area contributed by atoms with Crippen LogP contribution in [0.15, 0.2) is 30.3 Å². The Hall–Kier alpha value is -1.11. The van der Waals surface area contributed by atoms with Gasteiger partial charge in [0.1, 0.15) is 5.78 Å². The summed E-state index contributed by atoms with van der Waals surface area (Å²) in [6.45, 7) is 6.02. The lowest BCUT2D eigenvalue weighted by atomic mass is 9.92. The molecule has 0 bridgehead atoms. The van der Waals surface area contributed by atoms with Gasteiger partial charge in [0, 0.05) is 12.3 Å². The van der Waals surface area contributed by atoms with E-state index < -0.39 is 0 Å². The molecular formula is C13H18O. The highest BCUT2D eigenvalue weighted by atomic mass is 16.1. The molecule has 76 valence electrons. The van der Waals surface area contributed by atoms with Crippen molar-refractivity contribution in [1.29, 1.82) is 0 Å². The largest absolute Gasteiger partial charge is 0.299 e. The Morgan fingerprint density at radius 1 is 1.14 bits per heavy atom. The van der Waals surface area contributed by atoms with Crippen LogP contribution < -0.4 is 0 Å². The highest BCUT2D eigenvalue weighted by molar-refractivity contribution is 5.81. The van der Waals surface area contributed by atoms with Gasteiger partial charge in [0.05, 0.1) is 0 Å². The fourth-order valence-corrected chi connectivity index (χ4v) is 1.44. The molecule has 0 radical (unpaired) electrons. The van der Waals surface area contributed by atoms with E-state index in [9.17, 15) is 4.79 Å². The Balaban J connectivity index is 2.59. The predicted molar refractivity (Wildman–Crippen MR) is 59.3 cm³/mol. The van der Waals surface area contributed by atoms with E-state index in [0.717, 1.165) is 0 Å². The maximum absolute atomic E-state index is 11.5. The number of carbonyl (C=O) groups excluding carboxylic acids is 1. The fraction of sp³-hybridized carbons (Fsp3) is 0.462. The molecule has 0 amide bonds. The van der Waals surface area contributed by atoms with E-state index in [0.29, 0.717) is 18.1 Å². The Kier molecular flexibility index (Phi) is 3.87. The number of ketones is 1. The second-order valence-corrected chi connectivity index (χ2v) is 4.14. The van der Waals surface area contributed by atoms with Gasteiger partial charge in [-0.2, -0.15) is 0 Å². The first-order valence-electron chi connectivity index (χ1n) is 5.19. The number of hydrogen-bond acceptors (Lipinski definition) is 1. The lowest BCUT2D eigenvalue weighted by Crippen LogP contribution is -2.10. The van der Waals surface area contributed by atoms with Crippen LogP contribution in [0.5, 0.6) is 0 Å². The first kappa shape index (κ1) is 11.0. The zero-order valence-corrected chi connectivity index (χ0v) is 9.16. The van der Waals surface area contributed by atoms with Gasteiger partial charge in [-0.1, -0.05) is 51.1 Å². The number of benzene rings is 1. The number of carbonyl (C=O) groups is 1. The highest BCUT2D eigenvalue weighted by Gasteiger charge is 2.13. The SMILES string of the molecule is CC(C)C(=O)C[C@H](C)c1ccccc1. The first-order valence-corrected chi connectivity index (χ1v) is 5.19. The minimum absolute atomic E-state index is 0.154. The monoisotopic (exact) mass is 190 g/mol. The number of hydrogen-bond donors (Lipinski definition) is 0. The third-order valence-corrected chi connectivity index (χ3v) is 2.52. The summed E-state index contributed by atoms with van der Waals surface area (Å²) in [5.41, 5.74) is 1.25. The molecule has 0 fully saturated rings. The van der Waals surface area contributed by atoms with Gasteiger partial charge in [0.25, 0.3) is 0 Å². The molecular weight excluding hydrogens is 172 g/mol. The smallest absolute Gasteiger partial charge is 0.136 e. The molecule has 0 saturated carbocycles. The van der Waals surface area contributed by atoms with Gasteiger partial charge < -0.3 is 0 Å². The molecule has 1 nitrogen and oxygen atoms in total. The molecule has 1 rings (SSSR count). The summed E-state index contributed by atoms with van der Waals surface area (Å²) in [5.74, 6) is 0.841. The van der Waals surface area contributed by atoms with Crippen molar-refractivity contribution in [2.45, 2.75) is 33.1 Å². The summed E-state index contributed by atoms with van der Waals surface area (Å²) >= 11 is 0. The Labute approximate surface area is 86.1 Å². The molecule has 1 atom stereocenters. The summed E-state index contributed by atoms with van der Waals surface area (Å²) in [6, 6.07) is 10.2. The van der Waals surface area contributed by atoms with Crippen molar-refractivity contribution in [3.63, 3.8) is 0 Å². The van der Waals surface area contributed by atoms with Gasteiger partial charge in [-0.05, 0) is 11.5 Å². The molecule has 0 heterocycles. The molecule has 1 heteroatoms. The zero-order chi connectivity index (χ0) is 10.6. The van der Waals surface area contributed by atoms with Gasteiger partial charge in [-0.3, -0.25) is 4.79 Å². The average molecular weight is 190 g/mol. The Morgan fingerprint density at radius 2 is 1.71 bits per heavy atom. The van der Waals surface area contributed by atoms with E-state index in [1.54, 1.807) is 0 Å². The quantitative estimate of drug-likeness (QED) is 0.711. The molecule has 14 heavy (non-hydrogen) atoms. The van der Waals surface area contributed by atoms with Crippen molar-refractivity contribution in [3.8, 4) is 0 Å². The normalized spacial score (nSPS) is 12.9. The van der Waals surface area contributed by atoms with E-state index in [2.05, 4.69) is 19.1 Å². The van der Waals surface area contributed by atoms with Crippen molar-refractivity contribution in [3.05, 3.63) is 35.9 Å². The Morgan fingerprint density at radius 3 is 2.21 bits per heavy atom. The molecule has 0 unspecified atom stereocenters. The summed E-state index contributed by atoms with van der Waals surface area (Å²) in [5, 5.41) is 0. The standard InChI is InChI=1S/C13H18O/c1-10(2)13(14)9-11(3)12-7-5-4-6-8-12/h4-8,10-11H,9H2,1-3H3/t11-/m0/s1. The summed E-state index contributed by atoms with van der Waals surface area (Å²) < 4.78 is 0. The number of Topliss-reactive ketones (excluding diaryl/α,β-unsaturated/α-hetero) is 1. The molecule has 1 aromatic carbocycles. The molecule has 0 aromatic heterocycles. The van der Waals surface area contributed by atoms with Crippen LogP contribution in [0.4, 0.5) is 0 Å². The van der Waals surface area contributed by atoms with Crippen LogP contribution in [0.25, 0.3) is 0 Å². The van der Waals surface area contributed by atoms with E-state index in [-0.39, 0.29) is 5.92 Å². The van der Waals surface area contributed by atoms with Crippen molar-refractivity contribution in [2.75, 3.05) is 0 Å². The van der Waals surface area contributed by atoms with Gasteiger partial charge in [-0.15, -0.1) is 0 Å². The molecule has 0 N–H and O–H groups in total. The third kappa shape index (κ3) is 2.99. The van der Waals surface area contributed by atoms with Gasteiger partial charge in [0.2, 0.25) is 0 Å². The van der Waals surface area contributed by atoms with E-state index >= 15 is 0 Å². The lowest BCUT2D eigenvalue weighted by molar-refractivity contribution is -0.122. The van der Waals surface area contributed by atoms with E-state index in [1.165, 1.54) is 5.56 Å². The van der Waals surface area contributed by atoms with Crippen LogP contribution in [0.2, 0.25) is 0 Å². The molecule has 0 aliphatic rings. The summed E-state index contributed by atoms with van der Waals surface area (Å²) in [7, 11) is 0. The second kappa shape index (κ2) is 4.94. The van der Waals surface area contributed by atoms with Crippen molar-refractivity contribution in [1.82, 2.24) is 0 Å². The molecule has 0 spiro atoms. The van der Waals surface area contributed by atoms with Gasteiger partial charge in [-0.25, -0.2) is 0 Å². The lowest BCUT2D eigenvalue weighted by Gasteiger charge is -2.12. The van der Waals surface area contributed by atoms with Gasteiger partial charge in [0.15, 0.2) is 0 Å². The fourth-order valence-electron chi connectivity index (χ4n) is 1.44. The molecule has 0 aliphatic heterocycles. The molecule has 0 aliphatic carbocycles.